The van der Waals surface area contributed by atoms with E-state index in [2.05, 4.69) is 10.4 Å². The Bertz CT molecular complexity index is 581. The number of nitrogen functional groups attached to an aromatic ring is 1. The Morgan fingerprint density at radius 3 is 2.95 bits per heavy atom. The van der Waals surface area contributed by atoms with Crippen molar-refractivity contribution in [3.63, 3.8) is 0 Å². The van der Waals surface area contributed by atoms with E-state index in [1.54, 1.807) is 0 Å². The third-order valence-corrected chi connectivity index (χ3v) is 5.55. The number of anilines is 1. The highest BCUT2D eigenvalue weighted by Crippen LogP contribution is 2.29. The van der Waals surface area contributed by atoms with Crippen LogP contribution in [-0.2, 0) is 10.0 Å². The fraction of sp³-hybridized carbons (Fsp3) is 0.545. The molecule has 1 unspecified atom stereocenters. The minimum atomic E-state index is -3.65. The lowest BCUT2D eigenvalue weighted by Crippen LogP contribution is -2.36. The number of aromatic nitrogens is 1. The number of nitrogens with one attached hydrogen (secondary N) is 1. The molecule has 1 saturated heterocycles. The Kier molecular flexibility index (Phi) is 4.82. The summed E-state index contributed by atoms with van der Waals surface area (Å²) in [4.78, 5) is 3.92. The second-order valence-electron chi connectivity index (χ2n) is 4.57. The van der Waals surface area contributed by atoms with Crippen molar-refractivity contribution < 1.29 is 13.5 Å². The zero-order chi connectivity index (χ0) is 14.8. The summed E-state index contributed by atoms with van der Waals surface area (Å²) in [7, 11) is -3.65. The van der Waals surface area contributed by atoms with Crippen LogP contribution in [0.2, 0.25) is 5.02 Å². The van der Waals surface area contributed by atoms with E-state index in [0.717, 1.165) is 12.8 Å². The first-order valence-corrected chi connectivity index (χ1v) is 8.07. The molecule has 0 bridgehead atoms. The molecule has 20 heavy (non-hydrogen) atoms. The molecule has 0 aliphatic carbocycles. The number of hydrazine groups is 1. The Morgan fingerprint density at radius 2 is 2.35 bits per heavy atom. The average Bonchev–Trinajstić information content (AvgIpc) is 2.88. The number of aliphatic hydroxyl groups is 1. The lowest BCUT2D eigenvalue weighted by molar-refractivity contribution is 0.246. The normalized spacial score (nSPS) is 20.2. The second kappa shape index (κ2) is 6.23. The molecule has 0 radical (unpaired) electrons. The van der Waals surface area contributed by atoms with Gasteiger partial charge in [0.1, 0.15) is 4.90 Å². The lowest BCUT2D eigenvalue weighted by atomic mass is 10.2. The van der Waals surface area contributed by atoms with Crippen molar-refractivity contribution in [1.29, 1.82) is 0 Å². The molecule has 0 amide bonds. The zero-order valence-electron chi connectivity index (χ0n) is 10.8. The number of aliphatic hydroxyl groups excluding tert-OH is 1. The van der Waals surface area contributed by atoms with E-state index in [1.807, 2.05) is 0 Å². The number of sulfonamides is 1. The van der Waals surface area contributed by atoms with E-state index in [9.17, 15) is 8.42 Å². The third kappa shape index (κ3) is 2.89. The molecule has 0 aromatic carbocycles. The number of hydrogen-bond acceptors (Lipinski definition) is 6. The number of nitrogens with two attached hydrogens (primary N) is 1. The van der Waals surface area contributed by atoms with E-state index < -0.39 is 10.0 Å². The van der Waals surface area contributed by atoms with Crippen molar-refractivity contribution in [3.05, 3.63) is 17.3 Å². The van der Waals surface area contributed by atoms with E-state index in [0.29, 0.717) is 13.0 Å². The van der Waals surface area contributed by atoms with Crippen LogP contribution < -0.4 is 11.3 Å². The molecule has 1 aliphatic heterocycles. The third-order valence-electron chi connectivity index (χ3n) is 3.34. The zero-order valence-corrected chi connectivity index (χ0v) is 12.4. The van der Waals surface area contributed by atoms with Crippen LogP contribution in [0.3, 0.4) is 0 Å². The molecule has 112 valence electrons. The molecule has 0 saturated carbocycles. The molecule has 0 spiro atoms. The molecule has 4 N–H and O–H groups in total. The maximum absolute atomic E-state index is 12.6. The van der Waals surface area contributed by atoms with Crippen LogP contribution in [0, 0.1) is 0 Å². The first-order chi connectivity index (χ1) is 9.50. The number of nitrogens with zero attached hydrogens (tertiary/aromatic N) is 2. The number of halogens is 1. The summed E-state index contributed by atoms with van der Waals surface area (Å²) in [6.07, 6.45) is 3.20. The fourth-order valence-corrected chi connectivity index (χ4v) is 4.35. The lowest BCUT2D eigenvalue weighted by Gasteiger charge is -2.23. The number of hydrogen-bond donors (Lipinski definition) is 3. The molecule has 7 nitrogen and oxygen atoms in total. The van der Waals surface area contributed by atoms with Gasteiger partial charge in [-0.1, -0.05) is 11.6 Å². The Labute approximate surface area is 122 Å². The van der Waals surface area contributed by atoms with Crippen LogP contribution in [-0.4, -0.2) is 42.0 Å². The van der Waals surface area contributed by atoms with Crippen molar-refractivity contribution in [1.82, 2.24) is 9.29 Å². The summed E-state index contributed by atoms with van der Waals surface area (Å²) in [5.41, 5.74) is 2.29. The highest BCUT2D eigenvalue weighted by molar-refractivity contribution is 7.89. The summed E-state index contributed by atoms with van der Waals surface area (Å²) in [5, 5.41) is 9.16. The molecule has 2 rings (SSSR count). The van der Waals surface area contributed by atoms with Crippen molar-refractivity contribution in [2.75, 3.05) is 18.6 Å². The first kappa shape index (κ1) is 15.5. The smallest absolute Gasteiger partial charge is 0.244 e. The molecule has 1 aromatic rings. The van der Waals surface area contributed by atoms with E-state index >= 15 is 0 Å². The van der Waals surface area contributed by atoms with Crippen molar-refractivity contribution in [2.45, 2.75) is 30.2 Å². The predicted octanol–water partition coefficient (Wildman–Crippen LogP) is 0.556. The van der Waals surface area contributed by atoms with Gasteiger partial charge in [-0.05, 0) is 25.3 Å². The van der Waals surface area contributed by atoms with Gasteiger partial charge in [-0.25, -0.2) is 19.2 Å². The topological polar surface area (TPSA) is 109 Å². The van der Waals surface area contributed by atoms with E-state index in [1.165, 1.54) is 16.6 Å². The highest BCUT2D eigenvalue weighted by Gasteiger charge is 2.35. The summed E-state index contributed by atoms with van der Waals surface area (Å²) >= 11 is 5.91. The first-order valence-electron chi connectivity index (χ1n) is 6.25. The largest absolute Gasteiger partial charge is 0.396 e. The van der Waals surface area contributed by atoms with Crippen LogP contribution in [0.1, 0.15) is 19.3 Å². The molecule has 1 aromatic heterocycles. The molecule has 1 atom stereocenters. The quantitative estimate of drug-likeness (QED) is 0.540. The van der Waals surface area contributed by atoms with Crippen LogP contribution in [0.15, 0.2) is 17.2 Å². The minimum Gasteiger partial charge on any atom is -0.396 e. The van der Waals surface area contributed by atoms with E-state index in [4.69, 9.17) is 22.6 Å². The van der Waals surface area contributed by atoms with Crippen LogP contribution in [0.25, 0.3) is 0 Å². The van der Waals surface area contributed by atoms with Gasteiger partial charge in [-0.2, -0.15) is 4.31 Å². The number of pyridine rings is 1. The van der Waals surface area contributed by atoms with Gasteiger partial charge in [0, 0.05) is 25.4 Å². The van der Waals surface area contributed by atoms with Gasteiger partial charge < -0.3 is 10.5 Å². The maximum atomic E-state index is 12.6. The standard InChI is InChI=1S/C11H17ClN4O3S/c12-10-6-9(7-14-11(10)15-13)20(18,19)16-4-1-2-8(16)3-5-17/h6-8,17H,1-5,13H2,(H,14,15). The van der Waals surface area contributed by atoms with Crippen LogP contribution >= 0.6 is 11.6 Å². The van der Waals surface area contributed by atoms with Gasteiger partial charge in [0.2, 0.25) is 10.0 Å². The molecule has 1 aliphatic rings. The molecular weight excluding hydrogens is 304 g/mol. The van der Waals surface area contributed by atoms with Gasteiger partial charge in [0.25, 0.3) is 0 Å². The summed E-state index contributed by atoms with van der Waals surface area (Å²) in [5.74, 6) is 5.43. The average molecular weight is 321 g/mol. The van der Waals surface area contributed by atoms with Crippen molar-refractivity contribution in [2.24, 2.45) is 5.84 Å². The van der Waals surface area contributed by atoms with Crippen LogP contribution in [0.4, 0.5) is 5.82 Å². The SMILES string of the molecule is NNc1ncc(S(=O)(=O)N2CCCC2CCO)cc1Cl. The molecular formula is C11H17ClN4O3S. The summed E-state index contributed by atoms with van der Waals surface area (Å²) in [6, 6.07) is 1.16. The second-order valence-corrected chi connectivity index (χ2v) is 6.87. The maximum Gasteiger partial charge on any atom is 0.244 e. The van der Waals surface area contributed by atoms with Crippen molar-refractivity contribution >= 4 is 27.4 Å². The Hall–Kier alpha value is -0.930. The minimum absolute atomic E-state index is 0.0336. The molecule has 1 fully saturated rings. The van der Waals surface area contributed by atoms with Crippen LogP contribution in [0.5, 0.6) is 0 Å². The molecule has 2 heterocycles. The van der Waals surface area contributed by atoms with Gasteiger partial charge in [0.15, 0.2) is 5.82 Å². The highest BCUT2D eigenvalue weighted by atomic mass is 35.5. The summed E-state index contributed by atoms with van der Waals surface area (Å²) in [6.45, 7) is 0.410. The monoisotopic (exact) mass is 320 g/mol. The number of rotatable bonds is 5. The fourth-order valence-electron chi connectivity index (χ4n) is 2.37. The van der Waals surface area contributed by atoms with Crippen molar-refractivity contribution in [3.8, 4) is 0 Å². The Balaban J connectivity index is 2.32. The van der Waals surface area contributed by atoms with Gasteiger partial charge in [-0.3, -0.25) is 0 Å². The predicted molar refractivity (Wildman–Crippen MR) is 75.7 cm³/mol. The van der Waals surface area contributed by atoms with E-state index in [-0.39, 0.29) is 28.4 Å². The van der Waals surface area contributed by atoms with Gasteiger partial charge >= 0.3 is 0 Å². The van der Waals surface area contributed by atoms with Gasteiger partial charge in [0.05, 0.1) is 5.02 Å². The summed E-state index contributed by atoms with van der Waals surface area (Å²) < 4.78 is 26.5. The Morgan fingerprint density at radius 1 is 1.60 bits per heavy atom. The van der Waals surface area contributed by atoms with Gasteiger partial charge in [-0.15, -0.1) is 0 Å². The molecule has 9 heteroatoms.